The van der Waals surface area contributed by atoms with Crippen molar-refractivity contribution in [1.82, 2.24) is 0 Å². The maximum Gasteiger partial charge on any atom is 0.452 e. The number of rotatable bonds is 2. The molecule has 0 aromatic rings. The van der Waals surface area contributed by atoms with Crippen molar-refractivity contribution < 1.29 is 19.1 Å². The molecule has 0 aromatic heterocycles. The number of hydrogen-bond donors (Lipinski definition) is 0. The Morgan fingerprint density at radius 1 is 0.867 bits per heavy atom. The summed E-state index contributed by atoms with van der Waals surface area (Å²) in [5, 5.41) is 6.01. The van der Waals surface area contributed by atoms with E-state index in [4.69, 9.17) is 0 Å². The molecular formula is C8H14BN2O4. The Kier molecular flexibility index (Phi) is 8.52. The summed E-state index contributed by atoms with van der Waals surface area (Å²) in [4.78, 5) is 21.5. The third-order valence-electron chi connectivity index (χ3n) is 0.886. The van der Waals surface area contributed by atoms with Crippen LogP contribution in [0.1, 0.15) is 27.7 Å². The van der Waals surface area contributed by atoms with Crippen LogP contribution in [0, 0.1) is 0 Å². The lowest BCUT2D eigenvalue weighted by Crippen LogP contribution is -2.09. The van der Waals surface area contributed by atoms with Gasteiger partial charge in [0.2, 0.25) is 0 Å². The van der Waals surface area contributed by atoms with Crippen molar-refractivity contribution in [1.29, 1.82) is 0 Å². The van der Waals surface area contributed by atoms with Gasteiger partial charge < -0.3 is 9.47 Å². The average molecular weight is 213 g/mol. The van der Waals surface area contributed by atoms with E-state index in [0.29, 0.717) is 0 Å². The lowest BCUT2D eigenvalue weighted by atomic mass is 10.5. The van der Waals surface area contributed by atoms with E-state index in [1.165, 1.54) is 0 Å². The average Bonchev–Trinajstić information content (AvgIpc) is 1.98. The van der Waals surface area contributed by atoms with E-state index in [9.17, 15) is 9.59 Å². The maximum atomic E-state index is 10.8. The zero-order valence-electron chi connectivity index (χ0n) is 9.26. The van der Waals surface area contributed by atoms with Crippen LogP contribution in [-0.2, 0) is 9.47 Å². The second-order valence-corrected chi connectivity index (χ2v) is 3.07. The molecule has 0 aliphatic heterocycles. The van der Waals surface area contributed by atoms with Crippen LogP contribution in [0.3, 0.4) is 0 Å². The molecule has 0 atom stereocenters. The van der Waals surface area contributed by atoms with Gasteiger partial charge in [-0.3, -0.25) is 0 Å². The van der Waals surface area contributed by atoms with E-state index in [2.05, 4.69) is 19.7 Å². The van der Waals surface area contributed by atoms with Gasteiger partial charge in [-0.25, -0.2) is 9.59 Å². The summed E-state index contributed by atoms with van der Waals surface area (Å²) in [6, 6.07) is 0. The predicted molar refractivity (Wildman–Crippen MR) is 53.8 cm³/mol. The summed E-state index contributed by atoms with van der Waals surface area (Å²) in [5.74, 6) is 0. The Morgan fingerprint density at radius 3 is 1.33 bits per heavy atom. The molecule has 0 aliphatic carbocycles. The van der Waals surface area contributed by atoms with Crippen LogP contribution in [0.5, 0.6) is 0 Å². The van der Waals surface area contributed by atoms with Crippen LogP contribution in [0.2, 0.25) is 0 Å². The normalized spacial score (nSPS) is 10.3. The van der Waals surface area contributed by atoms with Gasteiger partial charge in [0, 0.05) is 8.41 Å². The molecule has 6 nitrogen and oxygen atoms in total. The lowest BCUT2D eigenvalue weighted by Gasteiger charge is -2.03. The van der Waals surface area contributed by atoms with Crippen LogP contribution >= 0.6 is 0 Å². The molecule has 0 unspecified atom stereocenters. The van der Waals surface area contributed by atoms with Crippen LogP contribution in [0.4, 0.5) is 9.59 Å². The first-order chi connectivity index (χ1) is 6.41. The monoisotopic (exact) mass is 213 g/mol. The fraction of sp³-hybridized carbons (Fsp3) is 0.750. The minimum Gasteiger partial charge on any atom is -0.444 e. The summed E-state index contributed by atoms with van der Waals surface area (Å²) < 4.78 is 9.20. The molecule has 0 saturated carbocycles. The molecule has 0 saturated heterocycles. The Morgan fingerprint density at radius 2 is 1.13 bits per heavy atom. The van der Waals surface area contributed by atoms with Gasteiger partial charge in [0.15, 0.2) is 0 Å². The molecule has 3 radical (unpaired) electrons. The third kappa shape index (κ3) is 10.5. The minimum absolute atomic E-state index is 0. The van der Waals surface area contributed by atoms with E-state index >= 15 is 0 Å². The molecule has 0 aromatic carbocycles. The highest BCUT2D eigenvalue weighted by Gasteiger charge is 2.06. The van der Waals surface area contributed by atoms with Gasteiger partial charge in [-0.1, -0.05) is 10.2 Å². The fourth-order valence-electron chi connectivity index (χ4n) is 0.532. The van der Waals surface area contributed by atoms with Crippen molar-refractivity contribution in [3.8, 4) is 0 Å². The Balaban J connectivity index is 0. The van der Waals surface area contributed by atoms with E-state index in [0.717, 1.165) is 0 Å². The highest BCUT2D eigenvalue weighted by atomic mass is 16.6. The SMILES string of the molecule is CC(C)OC(=O)N=NC(=O)OC(C)C.[B]. The standard InChI is InChI=1S/C8H14N2O4.B/c1-5(2)13-7(11)9-10-8(12)14-6(3)4;/h5-6H,1-4H3;. The second-order valence-electron chi connectivity index (χ2n) is 3.07. The van der Waals surface area contributed by atoms with Crippen LogP contribution in [-0.4, -0.2) is 32.8 Å². The number of carbonyl (C=O) groups is 2. The molecular weight excluding hydrogens is 199 g/mol. The van der Waals surface area contributed by atoms with Gasteiger partial charge in [-0.05, 0) is 27.7 Å². The Bertz CT molecular complexity index is 217. The fourth-order valence-corrected chi connectivity index (χ4v) is 0.532. The number of amides is 2. The van der Waals surface area contributed by atoms with E-state index < -0.39 is 12.2 Å². The smallest absolute Gasteiger partial charge is 0.444 e. The van der Waals surface area contributed by atoms with Crippen molar-refractivity contribution in [3.05, 3.63) is 0 Å². The quantitative estimate of drug-likeness (QED) is 0.520. The number of nitrogens with zero attached hydrogens (tertiary/aromatic N) is 2. The topological polar surface area (TPSA) is 77.3 Å². The van der Waals surface area contributed by atoms with Gasteiger partial charge >= 0.3 is 12.2 Å². The molecule has 0 aliphatic rings. The van der Waals surface area contributed by atoms with Crippen molar-refractivity contribution >= 4 is 20.6 Å². The minimum atomic E-state index is -0.902. The molecule has 83 valence electrons. The Labute approximate surface area is 90.6 Å². The molecule has 2 amide bonds. The first-order valence-electron chi connectivity index (χ1n) is 4.24. The molecule has 15 heavy (non-hydrogen) atoms. The third-order valence-corrected chi connectivity index (χ3v) is 0.886. The number of ether oxygens (including phenoxy) is 2. The molecule has 7 heteroatoms. The van der Waals surface area contributed by atoms with Crippen LogP contribution < -0.4 is 0 Å². The summed E-state index contributed by atoms with van der Waals surface area (Å²) in [6.45, 7) is 6.67. The number of azo groups is 1. The van der Waals surface area contributed by atoms with Gasteiger partial charge in [0.05, 0.1) is 12.2 Å². The highest BCUT2D eigenvalue weighted by Crippen LogP contribution is 1.96. The first-order valence-corrected chi connectivity index (χ1v) is 4.24. The van der Waals surface area contributed by atoms with Crippen molar-refractivity contribution in [2.45, 2.75) is 39.9 Å². The lowest BCUT2D eigenvalue weighted by molar-refractivity contribution is 0.115. The van der Waals surface area contributed by atoms with Crippen molar-refractivity contribution in [2.75, 3.05) is 0 Å². The Hall–Kier alpha value is -1.40. The largest absolute Gasteiger partial charge is 0.452 e. The summed E-state index contributed by atoms with van der Waals surface area (Å²) in [6.07, 6.45) is -2.38. The summed E-state index contributed by atoms with van der Waals surface area (Å²) >= 11 is 0. The number of hydrogen-bond acceptors (Lipinski definition) is 4. The van der Waals surface area contributed by atoms with Gasteiger partial charge in [0.1, 0.15) is 0 Å². The molecule has 0 N–H and O–H groups in total. The van der Waals surface area contributed by atoms with Crippen molar-refractivity contribution in [3.63, 3.8) is 0 Å². The van der Waals surface area contributed by atoms with Crippen LogP contribution in [0.15, 0.2) is 10.2 Å². The number of carbonyl (C=O) groups excluding carboxylic acids is 2. The van der Waals surface area contributed by atoms with E-state index in [1.807, 2.05) is 0 Å². The molecule has 0 rings (SSSR count). The highest BCUT2D eigenvalue weighted by molar-refractivity contribution is 5.75. The molecule has 0 fully saturated rings. The zero-order chi connectivity index (χ0) is 11.1. The van der Waals surface area contributed by atoms with Gasteiger partial charge in [-0.2, -0.15) is 0 Å². The zero-order valence-corrected chi connectivity index (χ0v) is 9.26. The predicted octanol–water partition coefficient (Wildman–Crippen LogP) is 2.15. The van der Waals surface area contributed by atoms with E-state index in [-0.39, 0.29) is 20.6 Å². The second kappa shape index (κ2) is 7.96. The summed E-state index contributed by atoms with van der Waals surface area (Å²) in [5.41, 5.74) is 0. The van der Waals surface area contributed by atoms with E-state index in [1.54, 1.807) is 27.7 Å². The molecule has 0 spiro atoms. The van der Waals surface area contributed by atoms with Gasteiger partial charge in [-0.15, -0.1) is 0 Å². The molecule has 0 heterocycles. The molecule has 0 bridgehead atoms. The van der Waals surface area contributed by atoms with Crippen molar-refractivity contribution in [2.24, 2.45) is 10.2 Å². The maximum absolute atomic E-state index is 10.8. The first kappa shape index (κ1) is 16.1. The summed E-state index contributed by atoms with van der Waals surface area (Å²) in [7, 11) is 0. The van der Waals surface area contributed by atoms with Crippen LogP contribution in [0.25, 0.3) is 0 Å². The van der Waals surface area contributed by atoms with Gasteiger partial charge in [0.25, 0.3) is 0 Å².